The van der Waals surface area contributed by atoms with Crippen LogP contribution in [0.1, 0.15) is 24.4 Å². The van der Waals surface area contributed by atoms with E-state index in [4.69, 9.17) is 9.15 Å². The Morgan fingerprint density at radius 2 is 1.78 bits per heavy atom. The Morgan fingerprint density at radius 1 is 1.07 bits per heavy atom. The number of carbonyl (C=O) groups is 2. The molecule has 1 aliphatic rings. The number of hydrogen-bond acceptors (Lipinski definition) is 5. The highest BCUT2D eigenvalue weighted by molar-refractivity contribution is 6.00. The minimum Gasteiger partial charge on any atom is -0.459 e. The summed E-state index contributed by atoms with van der Waals surface area (Å²) in [5.41, 5.74) is 1.79. The second-order valence-electron chi connectivity index (χ2n) is 6.81. The highest BCUT2D eigenvalue weighted by Gasteiger charge is 2.25. The fourth-order valence-electron chi connectivity index (χ4n) is 2.95. The van der Waals surface area contributed by atoms with Crippen LogP contribution < -0.4 is 15.5 Å². The van der Waals surface area contributed by atoms with Crippen LogP contribution in [0.4, 0.5) is 11.4 Å². The summed E-state index contributed by atoms with van der Waals surface area (Å²) in [6.07, 6.45) is 1.43. The molecule has 2 N–H and O–H groups in total. The maximum atomic E-state index is 12.7. The highest BCUT2D eigenvalue weighted by atomic mass is 16.5. The van der Waals surface area contributed by atoms with E-state index < -0.39 is 11.9 Å². The molecule has 1 aromatic heterocycles. The molecule has 2 amide bonds. The Balaban J connectivity index is 1.62. The number of nitrogens with zero attached hydrogens (tertiary/aromatic N) is 1. The molecule has 7 heteroatoms. The largest absolute Gasteiger partial charge is 0.459 e. The van der Waals surface area contributed by atoms with Crippen molar-refractivity contribution < 1.29 is 18.7 Å². The Hall–Kier alpha value is -2.80. The van der Waals surface area contributed by atoms with E-state index in [2.05, 4.69) is 15.5 Å². The molecule has 0 saturated carbocycles. The van der Waals surface area contributed by atoms with Crippen molar-refractivity contribution in [1.82, 2.24) is 5.32 Å². The summed E-state index contributed by atoms with van der Waals surface area (Å²) in [6, 6.07) is 10.2. The van der Waals surface area contributed by atoms with Gasteiger partial charge in [-0.2, -0.15) is 0 Å². The molecule has 2 aromatic rings. The van der Waals surface area contributed by atoms with Gasteiger partial charge in [-0.25, -0.2) is 0 Å². The van der Waals surface area contributed by atoms with Crippen molar-refractivity contribution in [3.05, 3.63) is 48.4 Å². The molecule has 144 valence electrons. The van der Waals surface area contributed by atoms with Crippen molar-refractivity contribution in [2.75, 3.05) is 36.5 Å². The van der Waals surface area contributed by atoms with Gasteiger partial charge in [0.2, 0.25) is 5.91 Å². The Bertz CT molecular complexity index is 750. The standard InChI is InChI=1S/C20H25N3O4/c1-14(2)18(22-19(24)17-4-3-11-27-17)20(25)21-15-5-7-16(8-6-15)23-9-12-26-13-10-23/h3-8,11,14,18H,9-10,12-13H2,1-2H3,(H,21,25)(H,22,24)/t18-/m0/s1. The van der Waals surface area contributed by atoms with Crippen LogP contribution in [0, 0.1) is 5.92 Å². The van der Waals surface area contributed by atoms with Crippen LogP contribution in [0.2, 0.25) is 0 Å². The molecule has 0 spiro atoms. The van der Waals surface area contributed by atoms with Gasteiger partial charge in [-0.3, -0.25) is 9.59 Å². The maximum Gasteiger partial charge on any atom is 0.287 e. The number of morpholine rings is 1. The maximum absolute atomic E-state index is 12.7. The van der Waals surface area contributed by atoms with Gasteiger partial charge in [-0.1, -0.05) is 13.8 Å². The smallest absolute Gasteiger partial charge is 0.287 e. The summed E-state index contributed by atoms with van der Waals surface area (Å²) in [5, 5.41) is 5.61. The molecule has 0 radical (unpaired) electrons. The molecule has 1 fully saturated rings. The number of furan rings is 1. The number of anilines is 2. The number of rotatable bonds is 6. The average molecular weight is 371 g/mol. The lowest BCUT2D eigenvalue weighted by Gasteiger charge is -2.29. The predicted octanol–water partition coefficient (Wildman–Crippen LogP) is 2.51. The average Bonchev–Trinajstić information content (AvgIpc) is 3.22. The third kappa shape index (κ3) is 4.89. The van der Waals surface area contributed by atoms with Gasteiger partial charge in [0, 0.05) is 24.5 Å². The van der Waals surface area contributed by atoms with Gasteiger partial charge in [0.25, 0.3) is 5.91 Å². The molecule has 7 nitrogen and oxygen atoms in total. The molecule has 3 rings (SSSR count). The molecule has 2 heterocycles. The number of amides is 2. The predicted molar refractivity (Wildman–Crippen MR) is 103 cm³/mol. The summed E-state index contributed by atoms with van der Waals surface area (Å²) in [6.45, 7) is 6.94. The summed E-state index contributed by atoms with van der Waals surface area (Å²) in [4.78, 5) is 27.1. The van der Waals surface area contributed by atoms with Gasteiger partial charge in [0.1, 0.15) is 6.04 Å². The van der Waals surface area contributed by atoms with E-state index in [1.807, 2.05) is 38.1 Å². The van der Waals surface area contributed by atoms with Crippen LogP contribution in [0.25, 0.3) is 0 Å². The first-order chi connectivity index (χ1) is 13.0. The van der Waals surface area contributed by atoms with E-state index in [1.54, 1.807) is 12.1 Å². The monoisotopic (exact) mass is 371 g/mol. The third-order valence-electron chi connectivity index (χ3n) is 4.49. The SMILES string of the molecule is CC(C)[C@H](NC(=O)c1ccco1)C(=O)Nc1ccc(N2CCOCC2)cc1. The second-order valence-corrected chi connectivity index (χ2v) is 6.81. The minimum absolute atomic E-state index is 0.0727. The van der Waals surface area contributed by atoms with Crippen molar-refractivity contribution in [3.8, 4) is 0 Å². The number of hydrogen-bond donors (Lipinski definition) is 2. The van der Waals surface area contributed by atoms with Crippen molar-refractivity contribution in [2.45, 2.75) is 19.9 Å². The van der Waals surface area contributed by atoms with E-state index in [1.165, 1.54) is 6.26 Å². The highest BCUT2D eigenvalue weighted by Crippen LogP contribution is 2.19. The first-order valence-corrected chi connectivity index (χ1v) is 9.12. The van der Waals surface area contributed by atoms with Crippen molar-refractivity contribution in [2.24, 2.45) is 5.92 Å². The van der Waals surface area contributed by atoms with E-state index in [0.29, 0.717) is 5.69 Å². The van der Waals surface area contributed by atoms with Crippen LogP contribution in [0.15, 0.2) is 47.1 Å². The Kier molecular flexibility index (Phi) is 6.13. The van der Waals surface area contributed by atoms with Gasteiger partial charge in [0.05, 0.1) is 19.5 Å². The molecule has 0 aliphatic carbocycles. The molecule has 1 atom stereocenters. The Morgan fingerprint density at radius 3 is 2.37 bits per heavy atom. The number of nitrogens with one attached hydrogen (secondary N) is 2. The number of ether oxygens (including phenoxy) is 1. The Labute approximate surface area is 158 Å². The second kappa shape index (κ2) is 8.73. The van der Waals surface area contributed by atoms with Gasteiger partial charge >= 0.3 is 0 Å². The zero-order valence-electron chi connectivity index (χ0n) is 15.6. The van der Waals surface area contributed by atoms with Gasteiger partial charge in [0.15, 0.2) is 5.76 Å². The molecule has 0 unspecified atom stereocenters. The van der Waals surface area contributed by atoms with Crippen molar-refractivity contribution >= 4 is 23.2 Å². The zero-order chi connectivity index (χ0) is 19.2. The summed E-state index contributed by atoms with van der Waals surface area (Å²) >= 11 is 0. The first-order valence-electron chi connectivity index (χ1n) is 9.12. The zero-order valence-corrected chi connectivity index (χ0v) is 15.6. The molecule has 1 saturated heterocycles. The van der Waals surface area contributed by atoms with Crippen molar-refractivity contribution in [1.29, 1.82) is 0 Å². The van der Waals surface area contributed by atoms with Crippen molar-refractivity contribution in [3.63, 3.8) is 0 Å². The number of benzene rings is 1. The van der Waals surface area contributed by atoms with E-state index >= 15 is 0 Å². The van der Waals surface area contributed by atoms with E-state index in [-0.39, 0.29) is 17.6 Å². The molecular weight excluding hydrogens is 346 g/mol. The van der Waals surface area contributed by atoms with Crippen LogP contribution in [-0.4, -0.2) is 44.2 Å². The van der Waals surface area contributed by atoms with Gasteiger partial charge in [-0.05, 0) is 42.3 Å². The van der Waals surface area contributed by atoms with Crippen LogP contribution in [0.3, 0.4) is 0 Å². The fraction of sp³-hybridized carbons (Fsp3) is 0.400. The molecule has 0 bridgehead atoms. The normalized spacial score (nSPS) is 15.4. The van der Waals surface area contributed by atoms with Crippen LogP contribution in [0.5, 0.6) is 0 Å². The molecule has 27 heavy (non-hydrogen) atoms. The molecule has 1 aliphatic heterocycles. The lowest BCUT2D eigenvalue weighted by atomic mass is 10.0. The summed E-state index contributed by atoms with van der Waals surface area (Å²) in [5.74, 6) is -0.555. The van der Waals surface area contributed by atoms with Crippen LogP contribution in [-0.2, 0) is 9.53 Å². The van der Waals surface area contributed by atoms with E-state index in [9.17, 15) is 9.59 Å². The third-order valence-corrected chi connectivity index (χ3v) is 4.49. The topological polar surface area (TPSA) is 83.8 Å². The van der Waals surface area contributed by atoms with Gasteiger partial charge in [-0.15, -0.1) is 0 Å². The van der Waals surface area contributed by atoms with Crippen LogP contribution >= 0.6 is 0 Å². The lowest BCUT2D eigenvalue weighted by Crippen LogP contribution is -2.47. The fourth-order valence-corrected chi connectivity index (χ4v) is 2.95. The summed E-state index contributed by atoms with van der Waals surface area (Å²) < 4.78 is 10.5. The number of carbonyl (C=O) groups excluding carboxylic acids is 2. The quantitative estimate of drug-likeness (QED) is 0.815. The lowest BCUT2D eigenvalue weighted by molar-refractivity contribution is -0.118. The molecule has 1 aromatic carbocycles. The van der Waals surface area contributed by atoms with Gasteiger partial charge < -0.3 is 24.7 Å². The summed E-state index contributed by atoms with van der Waals surface area (Å²) in [7, 11) is 0. The first kappa shape index (κ1) is 19.0. The molecular formula is C20H25N3O4. The van der Waals surface area contributed by atoms with E-state index in [0.717, 1.165) is 32.0 Å². The minimum atomic E-state index is -0.665.